The van der Waals surface area contributed by atoms with Gasteiger partial charge in [-0.05, 0) is 30.3 Å². The van der Waals surface area contributed by atoms with E-state index in [2.05, 4.69) is 29.2 Å². The Morgan fingerprint density at radius 1 is 1.71 bits per heavy atom. The van der Waals surface area contributed by atoms with E-state index in [9.17, 15) is 13.6 Å². The van der Waals surface area contributed by atoms with Crippen molar-refractivity contribution in [2.24, 2.45) is 22.4 Å². The number of nitrogens with zero attached hydrogens (tertiary/aromatic N) is 1. The smallest absolute Gasteiger partial charge is 0.378 e. The summed E-state index contributed by atoms with van der Waals surface area (Å²) < 4.78 is 32.8. The number of alkyl halides is 3. The molecule has 100 valence electrons. The second kappa shape index (κ2) is 6.97. The van der Waals surface area contributed by atoms with E-state index >= 15 is 0 Å². The van der Waals surface area contributed by atoms with Gasteiger partial charge in [0, 0.05) is 7.29 Å². The number of aliphatic imine (C=N–C) groups is 1. The van der Waals surface area contributed by atoms with Crippen molar-refractivity contribution in [2.45, 2.75) is 17.8 Å². The fraction of sp³-hybridized carbons (Fsp3) is 0.750. The van der Waals surface area contributed by atoms with Crippen LogP contribution in [0.4, 0.5) is 8.78 Å². The van der Waals surface area contributed by atoms with Gasteiger partial charge in [0.05, 0.1) is 0 Å². The molecule has 0 saturated heterocycles. The van der Waals surface area contributed by atoms with Crippen LogP contribution < -0.4 is 11.5 Å². The number of nitrogens with two attached hydrogens (primary N) is 2. The number of carbonyl (C=O) groups is 1. The average molecular weight is 291 g/mol. The molecule has 0 aromatic rings. The molecule has 0 aliphatic rings. The molecule has 0 aromatic heterocycles. The van der Waals surface area contributed by atoms with Crippen molar-refractivity contribution in [1.82, 2.24) is 0 Å². The molecule has 0 amide bonds. The van der Waals surface area contributed by atoms with Crippen LogP contribution >= 0.6 is 24.2 Å². The third kappa shape index (κ3) is 5.51. The molecule has 17 heavy (non-hydrogen) atoms. The Morgan fingerprint density at radius 3 is 2.53 bits per heavy atom. The fourth-order valence-electron chi connectivity index (χ4n) is 1.04. The van der Waals surface area contributed by atoms with Crippen LogP contribution in [0.3, 0.4) is 0 Å². The second-order valence-corrected chi connectivity index (χ2v) is 3.95. The van der Waals surface area contributed by atoms with Crippen molar-refractivity contribution in [3.05, 3.63) is 0 Å². The number of halogens is 3. The van der Waals surface area contributed by atoms with Gasteiger partial charge in [-0.25, -0.2) is 4.79 Å². The minimum absolute atomic E-state index is 0.0625. The van der Waals surface area contributed by atoms with Gasteiger partial charge >= 0.3 is 11.4 Å². The van der Waals surface area contributed by atoms with E-state index in [1.807, 2.05) is 0 Å². The molecule has 5 N–H and O–H groups in total. The minimum Gasteiger partial charge on any atom is -0.480 e. The first-order valence-electron chi connectivity index (χ1n) is 5.09. The molecule has 0 bridgehead atoms. The average Bonchev–Trinajstić information content (AvgIpc) is 2.26. The molecule has 0 rings (SSSR count). The molecule has 2 unspecified atom stereocenters. The van der Waals surface area contributed by atoms with E-state index in [1.54, 1.807) is 0 Å². The normalized spacial score (nSPS) is 19.4. The lowest BCUT2D eigenvalue weighted by Crippen LogP contribution is -2.37. The number of thiol groups is 1. The topological polar surface area (TPSA) is 102 Å². The van der Waals surface area contributed by atoms with Gasteiger partial charge in [-0.15, -0.1) is 0 Å². The summed E-state index contributed by atoms with van der Waals surface area (Å²) in [5.74, 6) is -3.82. The molecule has 0 aliphatic carbocycles. The molecule has 0 radical (unpaired) electrons. The lowest BCUT2D eigenvalue weighted by Gasteiger charge is -2.19. The van der Waals surface area contributed by atoms with Crippen molar-refractivity contribution >= 4 is 36.0 Å². The lowest BCUT2D eigenvalue weighted by molar-refractivity contribution is -0.139. The molecule has 0 fully saturated rings. The SMILES string of the molecule is [2H]C(CN)C(CS)[C@H](N=C(N)C(F)(F)Cl)C(=O)O. The van der Waals surface area contributed by atoms with Crippen molar-refractivity contribution in [2.75, 3.05) is 12.3 Å². The summed E-state index contributed by atoms with van der Waals surface area (Å²) in [4.78, 5) is 14.1. The van der Waals surface area contributed by atoms with Crippen LogP contribution in [0.5, 0.6) is 0 Å². The highest BCUT2D eigenvalue weighted by Gasteiger charge is 2.34. The summed E-state index contributed by atoms with van der Waals surface area (Å²) in [7, 11) is 0. The quantitative estimate of drug-likeness (QED) is 0.238. The zero-order valence-electron chi connectivity index (χ0n) is 9.68. The number of rotatable bonds is 7. The summed E-state index contributed by atoms with van der Waals surface area (Å²) >= 11 is 8.49. The van der Waals surface area contributed by atoms with Crippen molar-refractivity contribution in [3.8, 4) is 0 Å². The molecular weight excluding hydrogens is 276 g/mol. The molecule has 9 heteroatoms. The molecule has 0 aliphatic heterocycles. The van der Waals surface area contributed by atoms with Gasteiger partial charge in [-0.1, -0.05) is 0 Å². The van der Waals surface area contributed by atoms with E-state index in [0.717, 1.165) is 0 Å². The zero-order valence-corrected chi connectivity index (χ0v) is 10.3. The predicted molar refractivity (Wildman–Crippen MR) is 64.9 cm³/mol. The van der Waals surface area contributed by atoms with Crippen molar-refractivity contribution < 1.29 is 20.1 Å². The van der Waals surface area contributed by atoms with Gasteiger partial charge in [-0.2, -0.15) is 21.4 Å². The van der Waals surface area contributed by atoms with Crippen LogP contribution in [-0.4, -0.2) is 40.6 Å². The number of amidine groups is 1. The highest BCUT2D eigenvalue weighted by Crippen LogP contribution is 2.21. The Hall–Kier alpha value is -0.600. The van der Waals surface area contributed by atoms with E-state index < -0.39 is 35.5 Å². The summed E-state index contributed by atoms with van der Waals surface area (Å²) in [5, 5.41) is 4.99. The predicted octanol–water partition coefficient (Wildman–Crippen LogP) is 0.523. The summed E-state index contributed by atoms with van der Waals surface area (Å²) in [6.45, 7) is -0.151. The Labute approximate surface area is 109 Å². The monoisotopic (exact) mass is 290 g/mol. The molecule has 5 nitrogen and oxygen atoms in total. The van der Waals surface area contributed by atoms with Gasteiger partial charge in [-0.3, -0.25) is 4.99 Å². The van der Waals surface area contributed by atoms with Crippen LogP contribution in [0, 0.1) is 5.92 Å². The first-order valence-corrected chi connectivity index (χ1v) is 5.52. The maximum absolute atomic E-state index is 12.6. The summed E-state index contributed by atoms with van der Waals surface area (Å²) in [6.07, 6.45) is -1.01. The molecule has 0 heterocycles. The molecule has 0 saturated carbocycles. The standard InChI is InChI=1S/C8H14ClF2N3O2S/c9-8(10,11)7(13)14-5(6(15)16)4(3-17)1-2-12/h4-5,17H,1-3,12H2,(H2,13,14)(H,15,16)/t4?,5-/m0/s1/i1D/t1?,4?,5-. The number of carboxylic acid groups (broad SMARTS) is 1. The number of aliphatic carboxylic acids is 1. The summed E-state index contributed by atoms with van der Waals surface area (Å²) in [5.41, 5.74) is 10.1. The lowest BCUT2D eigenvalue weighted by atomic mass is 9.98. The highest BCUT2D eigenvalue weighted by atomic mass is 35.5. The Bertz CT molecular complexity index is 330. The third-order valence-corrected chi connectivity index (χ3v) is 2.49. The fourth-order valence-corrected chi connectivity index (χ4v) is 1.43. The van der Waals surface area contributed by atoms with E-state index in [1.165, 1.54) is 0 Å². The van der Waals surface area contributed by atoms with Crippen LogP contribution in [0.2, 0.25) is 0 Å². The summed E-state index contributed by atoms with van der Waals surface area (Å²) in [6, 6.07) is -1.64. The number of carboxylic acids is 1. The number of hydrogen-bond acceptors (Lipinski definition) is 4. The number of hydrogen-bond donors (Lipinski definition) is 4. The second-order valence-electron chi connectivity index (χ2n) is 3.11. The van der Waals surface area contributed by atoms with Crippen LogP contribution in [0.15, 0.2) is 4.99 Å². The van der Waals surface area contributed by atoms with Crippen LogP contribution in [0.25, 0.3) is 0 Å². The van der Waals surface area contributed by atoms with E-state index in [-0.39, 0.29) is 12.3 Å². The Kier molecular flexibility index (Phi) is 5.93. The molecular formula is C8H14ClF2N3O2S. The first kappa shape index (κ1) is 14.5. The first-order chi connectivity index (χ1) is 8.15. The van der Waals surface area contributed by atoms with Gasteiger partial charge in [0.1, 0.15) is 0 Å². The highest BCUT2D eigenvalue weighted by molar-refractivity contribution is 7.80. The van der Waals surface area contributed by atoms with Crippen molar-refractivity contribution in [3.63, 3.8) is 0 Å². The zero-order chi connectivity index (χ0) is 14.5. The Balaban J connectivity index is 5.26. The van der Waals surface area contributed by atoms with Gasteiger partial charge in [0.15, 0.2) is 11.9 Å². The molecule has 3 atom stereocenters. The van der Waals surface area contributed by atoms with E-state index in [4.69, 9.17) is 17.9 Å². The minimum atomic E-state index is -3.94. The molecule has 0 aromatic carbocycles. The van der Waals surface area contributed by atoms with E-state index in [0.29, 0.717) is 0 Å². The van der Waals surface area contributed by atoms with Crippen LogP contribution in [-0.2, 0) is 4.79 Å². The van der Waals surface area contributed by atoms with Gasteiger partial charge < -0.3 is 16.6 Å². The van der Waals surface area contributed by atoms with Gasteiger partial charge in [0.2, 0.25) is 0 Å². The van der Waals surface area contributed by atoms with Crippen molar-refractivity contribution in [1.29, 1.82) is 0 Å². The largest absolute Gasteiger partial charge is 0.480 e. The Morgan fingerprint density at radius 2 is 2.24 bits per heavy atom. The van der Waals surface area contributed by atoms with Gasteiger partial charge in [0.25, 0.3) is 0 Å². The van der Waals surface area contributed by atoms with Crippen LogP contribution in [0.1, 0.15) is 7.77 Å². The maximum atomic E-state index is 12.6. The molecule has 0 spiro atoms. The maximum Gasteiger partial charge on any atom is 0.378 e. The third-order valence-electron chi connectivity index (χ3n) is 1.88.